The highest BCUT2D eigenvalue weighted by Gasteiger charge is 2.17. The summed E-state index contributed by atoms with van der Waals surface area (Å²) in [6.45, 7) is 3.18. The molecule has 0 saturated carbocycles. The topological polar surface area (TPSA) is 60.0 Å². The molecule has 0 unspecified atom stereocenters. The number of amides is 1. The van der Waals surface area contributed by atoms with Crippen molar-refractivity contribution < 1.29 is 19.0 Å². The summed E-state index contributed by atoms with van der Waals surface area (Å²) in [5.41, 5.74) is 2.27. The maximum Gasteiger partial charge on any atom is 0.255 e. The van der Waals surface area contributed by atoms with Gasteiger partial charge in [-0.3, -0.25) is 4.79 Å². The third kappa shape index (κ3) is 5.06. The molecule has 2 aromatic carbocycles. The average Bonchev–Trinajstić information content (AvgIpc) is 2.71. The fourth-order valence-electron chi connectivity index (χ4n) is 2.74. The van der Waals surface area contributed by atoms with E-state index in [9.17, 15) is 4.79 Å². The molecule has 0 spiro atoms. The largest absolute Gasteiger partial charge is 0.493 e. The normalized spacial score (nSPS) is 10.3. The number of hydrogen-bond acceptors (Lipinski definition) is 5. The van der Waals surface area contributed by atoms with Crippen LogP contribution < -0.4 is 24.4 Å². The van der Waals surface area contributed by atoms with Crippen LogP contribution in [0.1, 0.15) is 30.1 Å². The summed E-state index contributed by atoms with van der Waals surface area (Å²) in [5, 5.41) is 2.90. The molecule has 146 valence electrons. The number of nitrogens with one attached hydrogen (secondary N) is 1. The van der Waals surface area contributed by atoms with E-state index in [0.717, 1.165) is 30.8 Å². The van der Waals surface area contributed by atoms with Gasteiger partial charge in [0.15, 0.2) is 11.5 Å². The van der Waals surface area contributed by atoms with Crippen molar-refractivity contribution in [2.45, 2.75) is 19.8 Å². The first kappa shape index (κ1) is 20.4. The number of carbonyl (C=O) groups excluding carboxylic acids is 1. The first-order chi connectivity index (χ1) is 13.0. The van der Waals surface area contributed by atoms with E-state index in [0.29, 0.717) is 22.8 Å². The Morgan fingerprint density at radius 3 is 2.07 bits per heavy atom. The molecule has 2 rings (SSSR count). The van der Waals surface area contributed by atoms with E-state index < -0.39 is 0 Å². The minimum Gasteiger partial charge on any atom is -0.493 e. The van der Waals surface area contributed by atoms with Crippen molar-refractivity contribution in [3.63, 3.8) is 0 Å². The molecule has 27 heavy (non-hydrogen) atoms. The summed E-state index contributed by atoms with van der Waals surface area (Å²) in [5.74, 6) is 1.09. The Bertz CT molecular complexity index is 734. The summed E-state index contributed by atoms with van der Waals surface area (Å²) in [6.07, 6.45) is 2.31. The summed E-state index contributed by atoms with van der Waals surface area (Å²) < 4.78 is 15.9. The Labute approximate surface area is 161 Å². The summed E-state index contributed by atoms with van der Waals surface area (Å²) >= 11 is 0. The van der Waals surface area contributed by atoms with Gasteiger partial charge in [-0.15, -0.1) is 0 Å². The van der Waals surface area contributed by atoms with Crippen molar-refractivity contribution in [1.82, 2.24) is 0 Å². The molecule has 1 amide bonds. The molecule has 0 aliphatic heterocycles. The lowest BCUT2D eigenvalue weighted by molar-refractivity contribution is 0.102. The zero-order valence-electron chi connectivity index (χ0n) is 16.7. The van der Waals surface area contributed by atoms with Crippen molar-refractivity contribution in [3.05, 3.63) is 42.0 Å². The summed E-state index contributed by atoms with van der Waals surface area (Å²) in [6, 6.07) is 11.1. The fourth-order valence-corrected chi connectivity index (χ4v) is 2.74. The highest BCUT2D eigenvalue weighted by atomic mass is 16.5. The molecule has 1 N–H and O–H groups in total. The quantitative estimate of drug-likeness (QED) is 0.715. The lowest BCUT2D eigenvalue weighted by Gasteiger charge is -2.19. The molecule has 0 aromatic heterocycles. The molecule has 0 radical (unpaired) electrons. The van der Waals surface area contributed by atoms with E-state index in [-0.39, 0.29) is 5.91 Å². The molecular weight excluding hydrogens is 344 g/mol. The molecule has 0 aliphatic rings. The number of benzene rings is 2. The van der Waals surface area contributed by atoms with Gasteiger partial charge in [-0.1, -0.05) is 13.3 Å². The minimum atomic E-state index is -0.249. The van der Waals surface area contributed by atoms with Gasteiger partial charge in [0.05, 0.1) is 21.3 Å². The van der Waals surface area contributed by atoms with Crippen LogP contribution in [-0.2, 0) is 0 Å². The third-order valence-electron chi connectivity index (χ3n) is 4.34. The number of unbranched alkanes of at least 4 members (excludes halogenated alkanes) is 1. The number of carbonyl (C=O) groups is 1. The third-order valence-corrected chi connectivity index (χ3v) is 4.34. The van der Waals surface area contributed by atoms with E-state index in [1.54, 1.807) is 12.1 Å². The second-order valence-electron chi connectivity index (χ2n) is 6.19. The van der Waals surface area contributed by atoms with E-state index in [2.05, 4.69) is 24.2 Å². The highest BCUT2D eigenvalue weighted by molar-refractivity contribution is 6.05. The Kier molecular flexibility index (Phi) is 7.34. The number of rotatable bonds is 9. The second kappa shape index (κ2) is 9.71. The summed E-state index contributed by atoms with van der Waals surface area (Å²) in [4.78, 5) is 14.8. The highest BCUT2D eigenvalue weighted by Crippen LogP contribution is 2.38. The molecule has 6 nitrogen and oxygen atoms in total. The average molecular weight is 372 g/mol. The van der Waals surface area contributed by atoms with Crippen molar-refractivity contribution in [2.24, 2.45) is 0 Å². The van der Waals surface area contributed by atoms with Gasteiger partial charge in [-0.25, -0.2) is 0 Å². The zero-order valence-corrected chi connectivity index (χ0v) is 16.7. The van der Waals surface area contributed by atoms with Crippen LogP contribution in [0.5, 0.6) is 17.2 Å². The molecule has 6 heteroatoms. The molecule has 0 saturated heterocycles. The van der Waals surface area contributed by atoms with Crippen LogP contribution in [0.4, 0.5) is 11.4 Å². The molecule has 0 fully saturated rings. The van der Waals surface area contributed by atoms with Crippen LogP contribution in [0.2, 0.25) is 0 Å². The Balaban J connectivity index is 2.15. The molecule has 0 heterocycles. The van der Waals surface area contributed by atoms with Gasteiger partial charge in [0.25, 0.3) is 5.91 Å². The maximum atomic E-state index is 12.6. The molecule has 0 aliphatic carbocycles. The van der Waals surface area contributed by atoms with Crippen LogP contribution in [0.15, 0.2) is 36.4 Å². The zero-order chi connectivity index (χ0) is 19.8. The SMILES string of the molecule is CCCCN(C)c1ccc(NC(=O)c2cc(OC)c(OC)c(OC)c2)cc1. The second-order valence-corrected chi connectivity index (χ2v) is 6.19. The summed E-state index contributed by atoms with van der Waals surface area (Å²) in [7, 11) is 6.64. The molecule has 0 atom stereocenters. The van der Waals surface area contributed by atoms with Crippen LogP contribution in [0.3, 0.4) is 0 Å². The first-order valence-electron chi connectivity index (χ1n) is 8.96. The number of methoxy groups -OCH3 is 3. The van der Waals surface area contributed by atoms with Gasteiger partial charge in [-0.05, 0) is 42.8 Å². The van der Waals surface area contributed by atoms with Crippen molar-refractivity contribution in [2.75, 3.05) is 45.1 Å². The number of hydrogen-bond donors (Lipinski definition) is 1. The van der Waals surface area contributed by atoms with Gasteiger partial charge in [0.1, 0.15) is 0 Å². The molecule has 2 aromatic rings. The van der Waals surface area contributed by atoms with Crippen LogP contribution in [-0.4, -0.2) is 40.8 Å². The van der Waals surface area contributed by atoms with E-state index in [1.165, 1.54) is 21.3 Å². The minimum absolute atomic E-state index is 0.249. The van der Waals surface area contributed by atoms with Crippen molar-refractivity contribution in [1.29, 1.82) is 0 Å². The van der Waals surface area contributed by atoms with Gasteiger partial charge in [0, 0.05) is 30.5 Å². The Hall–Kier alpha value is -2.89. The van der Waals surface area contributed by atoms with E-state index in [4.69, 9.17) is 14.2 Å². The smallest absolute Gasteiger partial charge is 0.255 e. The monoisotopic (exact) mass is 372 g/mol. The first-order valence-corrected chi connectivity index (χ1v) is 8.96. The van der Waals surface area contributed by atoms with Gasteiger partial charge >= 0.3 is 0 Å². The van der Waals surface area contributed by atoms with Crippen molar-refractivity contribution >= 4 is 17.3 Å². The fraction of sp³-hybridized carbons (Fsp3) is 0.381. The van der Waals surface area contributed by atoms with Crippen LogP contribution >= 0.6 is 0 Å². The Morgan fingerprint density at radius 1 is 1.00 bits per heavy atom. The van der Waals surface area contributed by atoms with Crippen LogP contribution in [0, 0.1) is 0 Å². The Morgan fingerprint density at radius 2 is 1.59 bits per heavy atom. The van der Waals surface area contributed by atoms with Gasteiger partial charge < -0.3 is 24.4 Å². The lowest BCUT2D eigenvalue weighted by Crippen LogP contribution is -2.18. The molecular formula is C21H28N2O4. The maximum absolute atomic E-state index is 12.6. The van der Waals surface area contributed by atoms with Crippen molar-refractivity contribution in [3.8, 4) is 17.2 Å². The van der Waals surface area contributed by atoms with Gasteiger partial charge in [0.2, 0.25) is 5.75 Å². The number of nitrogens with zero attached hydrogens (tertiary/aromatic N) is 1. The number of ether oxygens (including phenoxy) is 3. The lowest BCUT2D eigenvalue weighted by atomic mass is 10.1. The standard InChI is InChI=1S/C21H28N2O4/c1-6-7-12-23(2)17-10-8-16(9-11-17)22-21(24)15-13-18(25-3)20(27-5)19(14-15)26-4/h8-11,13-14H,6-7,12H2,1-5H3,(H,22,24). The van der Waals surface area contributed by atoms with Crippen LogP contribution in [0.25, 0.3) is 0 Å². The van der Waals surface area contributed by atoms with E-state index in [1.807, 2.05) is 24.3 Å². The van der Waals surface area contributed by atoms with Gasteiger partial charge in [-0.2, -0.15) is 0 Å². The number of anilines is 2. The predicted molar refractivity (Wildman–Crippen MR) is 109 cm³/mol. The van der Waals surface area contributed by atoms with E-state index >= 15 is 0 Å². The predicted octanol–water partition coefficient (Wildman–Crippen LogP) is 4.20. The molecule has 0 bridgehead atoms.